The second kappa shape index (κ2) is 9.66. The Morgan fingerprint density at radius 3 is 2.41 bits per heavy atom. The van der Waals surface area contributed by atoms with Crippen molar-refractivity contribution in [1.29, 1.82) is 0 Å². The van der Waals surface area contributed by atoms with Gasteiger partial charge in [0.2, 0.25) is 5.96 Å². The molecule has 0 aliphatic heterocycles. The number of hydrogen-bond donors (Lipinski definition) is 1. The molecule has 2 aromatic heterocycles. The zero-order valence-electron chi connectivity index (χ0n) is 15.8. The Morgan fingerprint density at radius 2 is 1.78 bits per heavy atom. The standard InChI is InChI=1S/C19H23N6.2BrH/c1-14-5-10-18-24(4)17(13-25(18)12-14)16-8-6-15(7-9-16)11-21-22-19(20)23(2)3;;/h5-13H,1-4H3,(H2,20,22);2*1H/q+1;;/p-1/b21-11+;;. The van der Waals surface area contributed by atoms with Crippen LogP contribution in [0.25, 0.3) is 16.9 Å². The maximum absolute atomic E-state index is 5.70. The van der Waals surface area contributed by atoms with Crippen LogP contribution in [-0.2, 0) is 7.05 Å². The predicted octanol–water partition coefficient (Wildman–Crippen LogP) is -0.469. The maximum Gasteiger partial charge on any atom is 0.286 e. The first kappa shape index (κ1) is 22.9. The van der Waals surface area contributed by atoms with Gasteiger partial charge in [-0.2, -0.15) is 5.10 Å². The van der Waals surface area contributed by atoms with E-state index in [4.69, 9.17) is 5.73 Å². The third-order valence-corrected chi connectivity index (χ3v) is 4.10. The van der Waals surface area contributed by atoms with E-state index in [1.54, 1.807) is 11.1 Å². The van der Waals surface area contributed by atoms with Crippen molar-refractivity contribution < 1.29 is 21.4 Å². The van der Waals surface area contributed by atoms with Gasteiger partial charge < -0.3 is 27.6 Å². The van der Waals surface area contributed by atoms with Crippen LogP contribution in [0, 0.1) is 6.92 Å². The summed E-state index contributed by atoms with van der Waals surface area (Å²) in [6.07, 6.45) is 5.97. The van der Waals surface area contributed by atoms with E-state index < -0.39 is 0 Å². The number of hydrogen-bond acceptors (Lipinski definition) is 2. The van der Waals surface area contributed by atoms with Gasteiger partial charge >= 0.3 is 0 Å². The lowest BCUT2D eigenvalue weighted by Crippen LogP contribution is -3.00. The van der Waals surface area contributed by atoms with E-state index in [9.17, 15) is 0 Å². The van der Waals surface area contributed by atoms with Crippen molar-refractivity contribution in [3.8, 4) is 11.3 Å². The first-order chi connectivity index (χ1) is 12.0. The second-order valence-corrected chi connectivity index (χ2v) is 6.26. The van der Waals surface area contributed by atoms with E-state index in [1.165, 1.54) is 5.56 Å². The summed E-state index contributed by atoms with van der Waals surface area (Å²) in [5.41, 5.74) is 11.4. The highest BCUT2D eigenvalue weighted by Gasteiger charge is 2.15. The van der Waals surface area contributed by atoms with Crippen LogP contribution in [0.3, 0.4) is 0 Å². The van der Waals surface area contributed by atoms with Gasteiger partial charge in [0.25, 0.3) is 5.65 Å². The number of guanidine groups is 1. The molecule has 27 heavy (non-hydrogen) atoms. The van der Waals surface area contributed by atoms with Crippen LogP contribution in [-0.4, -0.2) is 35.7 Å². The summed E-state index contributed by atoms with van der Waals surface area (Å²) >= 11 is 0. The maximum atomic E-state index is 5.70. The highest BCUT2D eigenvalue weighted by Crippen LogP contribution is 2.20. The zero-order chi connectivity index (χ0) is 18.0. The predicted molar refractivity (Wildman–Crippen MR) is 112 cm³/mol. The van der Waals surface area contributed by atoms with Gasteiger partial charge in [-0.25, -0.2) is 8.97 Å². The van der Waals surface area contributed by atoms with Crippen molar-refractivity contribution in [2.45, 2.75) is 6.92 Å². The number of fused-ring (bicyclic) bond motifs is 1. The number of rotatable bonds is 3. The summed E-state index contributed by atoms with van der Waals surface area (Å²) in [6.45, 7) is 2.10. The number of halogens is 2. The Hall–Kier alpha value is -2.19. The highest BCUT2D eigenvalue weighted by atomic mass is 79.9. The van der Waals surface area contributed by atoms with Crippen LogP contribution in [0.2, 0.25) is 0 Å². The molecule has 0 fully saturated rings. The lowest BCUT2D eigenvalue weighted by atomic mass is 10.1. The average molecular weight is 496 g/mol. The molecule has 6 nitrogen and oxygen atoms in total. The highest BCUT2D eigenvalue weighted by molar-refractivity contribution is 8.93. The first-order valence-corrected chi connectivity index (χ1v) is 8.07. The molecule has 144 valence electrons. The molecule has 2 heterocycles. The Morgan fingerprint density at radius 1 is 1.11 bits per heavy atom. The molecular weight excluding hydrogens is 472 g/mol. The van der Waals surface area contributed by atoms with E-state index in [2.05, 4.69) is 69.8 Å². The van der Waals surface area contributed by atoms with Gasteiger partial charge in [0.1, 0.15) is 6.20 Å². The first-order valence-electron chi connectivity index (χ1n) is 8.07. The van der Waals surface area contributed by atoms with E-state index >= 15 is 0 Å². The van der Waals surface area contributed by atoms with Gasteiger partial charge in [0, 0.05) is 25.7 Å². The van der Waals surface area contributed by atoms with Crippen LogP contribution < -0.4 is 27.1 Å². The van der Waals surface area contributed by atoms with Gasteiger partial charge in [-0.1, -0.05) is 12.1 Å². The number of aromatic nitrogens is 2. The fraction of sp³-hybridized carbons (Fsp3) is 0.211. The fourth-order valence-electron chi connectivity index (χ4n) is 2.60. The fourth-order valence-corrected chi connectivity index (χ4v) is 2.60. The Kier molecular flexibility index (Phi) is 8.18. The van der Waals surface area contributed by atoms with Crippen molar-refractivity contribution in [3.63, 3.8) is 0 Å². The third-order valence-electron chi connectivity index (χ3n) is 4.10. The number of benzene rings is 1. The summed E-state index contributed by atoms with van der Waals surface area (Å²) < 4.78 is 4.34. The monoisotopic (exact) mass is 494 g/mol. The van der Waals surface area contributed by atoms with Crippen molar-refractivity contribution in [1.82, 2.24) is 9.47 Å². The molecular formula is C19H24Br2N6. The summed E-state index contributed by atoms with van der Waals surface area (Å²) in [5, 5.41) is 7.95. The van der Waals surface area contributed by atoms with Crippen LogP contribution in [0.5, 0.6) is 0 Å². The van der Waals surface area contributed by atoms with Gasteiger partial charge in [-0.3, -0.25) is 0 Å². The van der Waals surface area contributed by atoms with E-state index in [-0.39, 0.29) is 34.0 Å². The van der Waals surface area contributed by atoms with Crippen LogP contribution in [0.15, 0.2) is 59.0 Å². The molecule has 0 aliphatic rings. The molecule has 1 aromatic carbocycles. The SMILES string of the molecule is Br.Cc1ccc2n(C)c(-c3ccc(/C=N/N=C(\N)N(C)C)cc3)c[n+]2c1.[Br-]. The molecule has 0 aliphatic carbocycles. The summed E-state index contributed by atoms with van der Waals surface area (Å²) in [7, 11) is 5.73. The quantitative estimate of drug-likeness (QED) is 0.231. The number of nitrogens with zero attached hydrogens (tertiary/aromatic N) is 5. The summed E-state index contributed by atoms with van der Waals surface area (Å²) in [4.78, 5) is 1.71. The minimum absolute atomic E-state index is 0. The van der Waals surface area contributed by atoms with Crippen LogP contribution >= 0.6 is 17.0 Å². The minimum atomic E-state index is 0. The van der Waals surface area contributed by atoms with Gasteiger partial charge in [-0.05, 0) is 36.2 Å². The molecule has 3 aromatic rings. The number of pyridine rings is 1. The summed E-state index contributed by atoms with van der Waals surface area (Å²) in [5.74, 6) is 0.371. The second-order valence-electron chi connectivity index (χ2n) is 6.26. The molecule has 0 amide bonds. The van der Waals surface area contributed by atoms with Crippen molar-refractivity contribution in [3.05, 3.63) is 59.9 Å². The lowest BCUT2D eigenvalue weighted by molar-refractivity contribution is -0.510. The average Bonchev–Trinajstić information content (AvgIpc) is 2.91. The third kappa shape index (κ3) is 5.17. The molecule has 0 unspecified atom stereocenters. The number of nitrogens with two attached hydrogens (primary N) is 1. The lowest BCUT2D eigenvalue weighted by Gasteiger charge is -2.07. The van der Waals surface area contributed by atoms with Crippen LogP contribution in [0.1, 0.15) is 11.1 Å². The van der Waals surface area contributed by atoms with E-state index in [0.717, 1.165) is 22.5 Å². The number of aryl methyl sites for hydroxylation is 2. The van der Waals surface area contributed by atoms with Crippen molar-refractivity contribution >= 4 is 34.8 Å². The smallest absolute Gasteiger partial charge is 0.286 e. The molecule has 0 radical (unpaired) electrons. The largest absolute Gasteiger partial charge is 1.00 e. The van der Waals surface area contributed by atoms with Crippen LogP contribution in [0.4, 0.5) is 0 Å². The summed E-state index contributed by atoms with van der Waals surface area (Å²) in [6, 6.07) is 12.5. The van der Waals surface area contributed by atoms with Gasteiger partial charge in [0.05, 0.1) is 19.5 Å². The molecule has 8 heteroatoms. The Labute approximate surface area is 180 Å². The van der Waals surface area contributed by atoms with Gasteiger partial charge in [-0.15, -0.1) is 22.1 Å². The number of imidazole rings is 1. The zero-order valence-corrected chi connectivity index (χ0v) is 19.1. The van der Waals surface area contributed by atoms with Crippen molar-refractivity contribution in [2.24, 2.45) is 23.0 Å². The topological polar surface area (TPSA) is 63.0 Å². The molecule has 0 saturated heterocycles. The molecule has 0 atom stereocenters. The molecule has 0 spiro atoms. The molecule has 2 N–H and O–H groups in total. The normalized spacial score (nSPS) is 11.3. The Balaban J connectivity index is 0.00000182. The van der Waals surface area contributed by atoms with E-state index in [0.29, 0.717) is 5.96 Å². The van der Waals surface area contributed by atoms with Crippen molar-refractivity contribution in [2.75, 3.05) is 14.1 Å². The molecule has 0 saturated carbocycles. The van der Waals surface area contributed by atoms with Gasteiger partial charge in [0.15, 0.2) is 5.69 Å². The van der Waals surface area contributed by atoms with E-state index in [1.807, 2.05) is 26.2 Å². The molecule has 0 bridgehead atoms. The molecule has 3 rings (SSSR count). The minimum Gasteiger partial charge on any atom is -1.00 e. The Bertz CT molecular complexity index is 958.